The van der Waals surface area contributed by atoms with E-state index in [9.17, 15) is 9.59 Å². The number of anilines is 2. The Bertz CT molecular complexity index is 1250. The maximum absolute atomic E-state index is 12.7. The highest BCUT2D eigenvalue weighted by molar-refractivity contribution is 6.10. The van der Waals surface area contributed by atoms with E-state index in [1.807, 2.05) is 61.7 Å². The van der Waals surface area contributed by atoms with Crippen LogP contribution in [-0.4, -0.2) is 34.6 Å². The summed E-state index contributed by atoms with van der Waals surface area (Å²) in [5, 5.41) is 9.08. The number of rotatable bonds is 4. The Morgan fingerprint density at radius 3 is 2.65 bits per heavy atom. The summed E-state index contributed by atoms with van der Waals surface area (Å²) in [6.07, 6.45) is 3.92. The van der Waals surface area contributed by atoms with Gasteiger partial charge in [0.25, 0.3) is 0 Å². The molecule has 1 N–H and O–H groups in total. The minimum absolute atomic E-state index is 0.0217. The Morgan fingerprint density at radius 1 is 1.09 bits per heavy atom. The van der Waals surface area contributed by atoms with E-state index < -0.39 is 0 Å². The Hall–Kier alpha value is -4.20. The topological polar surface area (TPSA) is 87.1 Å². The lowest BCUT2D eigenvalue weighted by Gasteiger charge is -2.28. The zero-order chi connectivity index (χ0) is 23.7. The second-order valence-corrected chi connectivity index (χ2v) is 8.51. The first-order valence-electron chi connectivity index (χ1n) is 11.2. The van der Waals surface area contributed by atoms with Gasteiger partial charge in [-0.3, -0.25) is 9.78 Å². The molecular formula is C26H25N5O3. The number of hydrogen-bond donors (Lipinski definition) is 1. The third-order valence-corrected chi connectivity index (χ3v) is 6.14. The highest BCUT2D eigenvalue weighted by Gasteiger charge is 2.29. The highest BCUT2D eigenvalue weighted by Crippen LogP contribution is 2.28. The van der Waals surface area contributed by atoms with Gasteiger partial charge in [-0.15, -0.1) is 0 Å². The summed E-state index contributed by atoms with van der Waals surface area (Å²) in [6, 6.07) is 16.7. The second-order valence-electron chi connectivity index (χ2n) is 8.51. The Kier molecular flexibility index (Phi) is 5.71. The van der Waals surface area contributed by atoms with Gasteiger partial charge in [0.1, 0.15) is 5.75 Å². The van der Waals surface area contributed by atoms with Gasteiger partial charge in [0.05, 0.1) is 18.5 Å². The maximum atomic E-state index is 12.7. The number of fused-ring (bicyclic) bond motifs is 1. The fraction of sp³-hybridized carbons (Fsp3) is 0.231. The number of carbonyl (C=O) groups is 2. The third kappa shape index (κ3) is 4.22. The van der Waals surface area contributed by atoms with Crippen molar-refractivity contribution in [1.82, 2.24) is 9.88 Å². The van der Waals surface area contributed by atoms with Crippen molar-refractivity contribution in [1.29, 1.82) is 0 Å². The molecule has 1 unspecified atom stereocenters. The van der Waals surface area contributed by atoms with E-state index in [-0.39, 0.29) is 17.9 Å². The number of carbonyl (C=O) groups excluding carboxylic acids is 2. The van der Waals surface area contributed by atoms with E-state index in [1.54, 1.807) is 24.3 Å². The molecule has 34 heavy (non-hydrogen) atoms. The van der Waals surface area contributed by atoms with Crippen molar-refractivity contribution < 1.29 is 14.3 Å². The average Bonchev–Trinajstić information content (AvgIpc) is 3.29. The average molecular weight is 456 g/mol. The molecule has 5 rings (SSSR count). The van der Waals surface area contributed by atoms with Crippen molar-refractivity contribution in [2.24, 2.45) is 11.0 Å². The number of amides is 3. The van der Waals surface area contributed by atoms with Gasteiger partial charge in [0, 0.05) is 49.6 Å². The molecule has 3 amide bonds. The molecule has 2 aliphatic heterocycles. The summed E-state index contributed by atoms with van der Waals surface area (Å²) in [4.78, 5) is 31.3. The standard InChI is InChI=1S/C26H25N5O3/c1-17-12-24(32)31(22-4-3-5-23(13-22)34-2)29-25(17)18-6-8-21(9-7-18)28-26(33)30-15-19-10-11-27-14-20(19)16-30/h3-11,13-14,17H,12,15-16H2,1-2H3,(H,28,33). The van der Waals surface area contributed by atoms with Crippen LogP contribution in [0.25, 0.3) is 0 Å². The number of hydrazone groups is 1. The van der Waals surface area contributed by atoms with Gasteiger partial charge in [-0.2, -0.15) is 5.10 Å². The van der Waals surface area contributed by atoms with Crippen LogP contribution in [0.3, 0.4) is 0 Å². The van der Waals surface area contributed by atoms with Crippen LogP contribution >= 0.6 is 0 Å². The van der Waals surface area contributed by atoms with Crippen LogP contribution in [0.5, 0.6) is 5.75 Å². The predicted octanol–water partition coefficient (Wildman–Crippen LogP) is 4.42. The van der Waals surface area contributed by atoms with Crippen LogP contribution in [0, 0.1) is 5.92 Å². The lowest BCUT2D eigenvalue weighted by molar-refractivity contribution is -0.119. The predicted molar refractivity (Wildman–Crippen MR) is 130 cm³/mol. The lowest BCUT2D eigenvalue weighted by atomic mass is 9.93. The van der Waals surface area contributed by atoms with Crippen molar-refractivity contribution in [3.8, 4) is 5.75 Å². The molecule has 8 nitrogen and oxygen atoms in total. The maximum Gasteiger partial charge on any atom is 0.322 e. The molecular weight excluding hydrogens is 430 g/mol. The molecule has 1 atom stereocenters. The fourth-order valence-corrected chi connectivity index (χ4v) is 4.28. The van der Waals surface area contributed by atoms with Gasteiger partial charge in [0.2, 0.25) is 5.91 Å². The number of urea groups is 1. The first kappa shape index (κ1) is 21.6. The van der Waals surface area contributed by atoms with Crippen molar-refractivity contribution in [3.05, 3.63) is 83.7 Å². The molecule has 0 bridgehead atoms. The molecule has 8 heteroatoms. The van der Waals surface area contributed by atoms with E-state index in [0.29, 0.717) is 36.6 Å². The molecule has 0 fully saturated rings. The normalized spacial score (nSPS) is 17.3. The van der Waals surface area contributed by atoms with E-state index in [4.69, 9.17) is 4.74 Å². The molecule has 0 saturated carbocycles. The molecule has 1 aromatic heterocycles. The zero-order valence-corrected chi connectivity index (χ0v) is 19.1. The van der Waals surface area contributed by atoms with Gasteiger partial charge < -0.3 is 15.0 Å². The number of benzene rings is 2. The molecule has 0 aliphatic carbocycles. The number of pyridine rings is 1. The molecule has 0 radical (unpaired) electrons. The minimum Gasteiger partial charge on any atom is -0.497 e. The summed E-state index contributed by atoms with van der Waals surface area (Å²) >= 11 is 0. The number of nitrogens with one attached hydrogen (secondary N) is 1. The first-order chi connectivity index (χ1) is 16.5. The van der Waals surface area contributed by atoms with Gasteiger partial charge >= 0.3 is 6.03 Å². The quantitative estimate of drug-likeness (QED) is 0.631. The van der Waals surface area contributed by atoms with Crippen LogP contribution in [0.1, 0.15) is 30.0 Å². The van der Waals surface area contributed by atoms with Crippen molar-refractivity contribution in [2.75, 3.05) is 17.4 Å². The van der Waals surface area contributed by atoms with Crippen molar-refractivity contribution in [2.45, 2.75) is 26.4 Å². The highest BCUT2D eigenvalue weighted by atomic mass is 16.5. The Labute approximate surface area is 197 Å². The summed E-state index contributed by atoms with van der Waals surface area (Å²) in [7, 11) is 1.59. The van der Waals surface area contributed by atoms with E-state index >= 15 is 0 Å². The molecule has 2 aromatic carbocycles. The van der Waals surface area contributed by atoms with E-state index in [1.165, 1.54) is 5.01 Å². The molecule has 0 saturated heterocycles. The summed E-state index contributed by atoms with van der Waals surface area (Å²) < 4.78 is 5.29. The third-order valence-electron chi connectivity index (χ3n) is 6.14. The summed E-state index contributed by atoms with van der Waals surface area (Å²) in [6.45, 7) is 3.12. The van der Waals surface area contributed by atoms with Crippen molar-refractivity contribution >= 4 is 29.0 Å². The van der Waals surface area contributed by atoms with Gasteiger partial charge in [0.15, 0.2) is 0 Å². The second kappa shape index (κ2) is 8.97. The Morgan fingerprint density at radius 2 is 1.88 bits per heavy atom. The number of methoxy groups -OCH3 is 1. The molecule has 172 valence electrons. The van der Waals surface area contributed by atoms with Crippen LogP contribution in [-0.2, 0) is 17.9 Å². The van der Waals surface area contributed by atoms with E-state index in [2.05, 4.69) is 15.4 Å². The summed E-state index contributed by atoms with van der Waals surface area (Å²) in [5.41, 5.74) is 5.30. The van der Waals surface area contributed by atoms with Crippen LogP contribution < -0.4 is 15.1 Å². The van der Waals surface area contributed by atoms with Gasteiger partial charge in [-0.25, -0.2) is 9.80 Å². The zero-order valence-electron chi connectivity index (χ0n) is 19.1. The Balaban J connectivity index is 1.32. The van der Waals surface area contributed by atoms with Gasteiger partial charge in [-0.1, -0.05) is 25.1 Å². The number of hydrogen-bond acceptors (Lipinski definition) is 5. The summed E-state index contributed by atoms with van der Waals surface area (Å²) in [5.74, 6) is 0.583. The number of aromatic nitrogens is 1. The molecule has 2 aliphatic rings. The van der Waals surface area contributed by atoms with Crippen LogP contribution in [0.15, 0.2) is 72.1 Å². The van der Waals surface area contributed by atoms with Gasteiger partial charge in [-0.05, 0) is 47.0 Å². The first-order valence-corrected chi connectivity index (χ1v) is 11.2. The monoisotopic (exact) mass is 455 g/mol. The lowest BCUT2D eigenvalue weighted by Crippen LogP contribution is -2.36. The molecule has 3 heterocycles. The van der Waals surface area contributed by atoms with Crippen LogP contribution in [0.4, 0.5) is 16.2 Å². The molecule has 0 spiro atoms. The minimum atomic E-state index is -0.151. The largest absolute Gasteiger partial charge is 0.497 e. The smallest absolute Gasteiger partial charge is 0.322 e. The van der Waals surface area contributed by atoms with Crippen molar-refractivity contribution in [3.63, 3.8) is 0 Å². The molecule has 3 aromatic rings. The number of ether oxygens (including phenoxy) is 1. The van der Waals surface area contributed by atoms with Crippen LogP contribution in [0.2, 0.25) is 0 Å². The number of nitrogens with zero attached hydrogens (tertiary/aromatic N) is 4. The SMILES string of the molecule is COc1cccc(N2N=C(c3ccc(NC(=O)N4Cc5ccncc5C4)cc3)C(C)CC2=O)c1. The fourth-order valence-electron chi connectivity index (χ4n) is 4.28. The van der Waals surface area contributed by atoms with E-state index in [0.717, 1.165) is 22.4 Å².